The van der Waals surface area contributed by atoms with Gasteiger partial charge in [0.2, 0.25) is 0 Å². The van der Waals surface area contributed by atoms with E-state index in [-0.39, 0.29) is 27.3 Å². The van der Waals surface area contributed by atoms with Crippen LogP contribution in [0.3, 0.4) is 0 Å². The van der Waals surface area contributed by atoms with E-state index in [0.29, 0.717) is 4.31 Å². The Morgan fingerprint density at radius 2 is 1.74 bits per heavy atom. The number of amides is 1. The number of rotatable bonds is 5. The quantitative estimate of drug-likeness (QED) is 0.597. The Kier molecular flexibility index (Phi) is 5.41. The highest BCUT2D eigenvalue weighted by molar-refractivity contribution is 7.89. The zero-order valence-corrected chi connectivity index (χ0v) is 14.1. The SMILES string of the molecule is C=CCN(C(=O)c1cc(Cl)nc(Cl)c1)S(=O)(=O)c1ccccc1. The van der Waals surface area contributed by atoms with E-state index in [0.717, 1.165) is 0 Å². The van der Waals surface area contributed by atoms with Crippen LogP contribution >= 0.6 is 23.2 Å². The fourth-order valence-corrected chi connectivity index (χ4v) is 3.70. The highest BCUT2D eigenvalue weighted by Gasteiger charge is 2.29. The Labute approximate surface area is 144 Å². The summed E-state index contributed by atoms with van der Waals surface area (Å²) < 4.78 is 26.1. The normalized spacial score (nSPS) is 11.0. The molecule has 2 rings (SSSR count). The van der Waals surface area contributed by atoms with Crippen molar-refractivity contribution in [3.05, 3.63) is 71.0 Å². The van der Waals surface area contributed by atoms with E-state index in [1.165, 1.54) is 30.3 Å². The maximum Gasteiger partial charge on any atom is 0.268 e. The smallest absolute Gasteiger partial charge is 0.268 e. The fraction of sp³-hybridized carbons (Fsp3) is 0.0667. The van der Waals surface area contributed by atoms with Crippen molar-refractivity contribution in [2.75, 3.05) is 6.54 Å². The molecule has 0 fully saturated rings. The zero-order valence-electron chi connectivity index (χ0n) is 11.8. The van der Waals surface area contributed by atoms with Crippen molar-refractivity contribution in [1.82, 2.24) is 9.29 Å². The third kappa shape index (κ3) is 3.90. The minimum Gasteiger partial charge on any atom is -0.268 e. The highest BCUT2D eigenvalue weighted by atomic mass is 35.5. The largest absolute Gasteiger partial charge is 0.268 e. The second-order valence-electron chi connectivity index (χ2n) is 4.44. The molecule has 2 aromatic rings. The third-order valence-corrected chi connectivity index (χ3v) is 5.01. The van der Waals surface area contributed by atoms with Crippen LogP contribution in [0.2, 0.25) is 10.3 Å². The molecule has 1 amide bonds. The van der Waals surface area contributed by atoms with Crippen molar-refractivity contribution in [2.24, 2.45) is 0 Å². The summed E-state index contributed by atoms with van der Waals surface area (Å²) in [5.41, 5.74) is 0.0244. The van der Waals surface area contributed by atoms with Gasteiger partial charge >= 0.3 is 0 Å². The molecule has 0 saturated carbocycles. The molecule has 8 heteroatoms. The Morgan fingerprint density at radius 1 is 1.17 bits per heavy atom. The van der Waals surface area contributed by atoms with Crippen molar-refractivity contribution in [3.8, 4) is 0 Å². The molecule has 0 N–H and O–H groups in total. The summed E-state index contributed by atoms with van der Waals surface area (Å²) in [5.74, 6) is -0.764. The first-order valence-corrected chi connectivity index (χ1v) is 8.62. The average Bonchev–Trinajstić information content (AvgIpc) is 2.51. The lowest BCUT2D eigenvalue weighted by molar-refractivity contribution is 0.0871. The van der Waals surface area contributed by atoms with Gasteiger partial charge in [0.1, 0.15) is 10.3 Å². The van der Waals surface area contributed by atoms with Crippen LogP contribution in [0.25, 0.3) is 0 Å². The summed E-state index contributed by atoms with van der Waals surface area (Å²) in [4.78, 5) is 16.3. The standard InChI is InChI=1S/C15H12Cl2N2O3S/c1-2-8-19(23(21,22)12-6-4-3-5-7-12)15(20)11-9-13(16)18-14(17)10-11/h2-7,9-10H,1,8H2. The number of aromatic nitrogens is 1. The Bertz CT molecular complexity index is 819. The Balaban J connectivity index is 2.49. The summed E-state index contributed by atoms with van der Waals surface area (Å²) >= 11 is 11.5. The molecule has 0 bridgehead atoms. The fourth-order valence-electron chi connectivity index (χ4n) is 1.86. The van der Waals surface area contributed by atoms with E-state index in [1.54, 1.807) is 18.2 Å². The topological polar surface area (TPSA) is 67.3 Å². The summed E-state index contributed by atoms with van der Waals surface area (Å²) in [6.07, 6.45) is 1.32. The van der Waals surface area contributed by atoms with Crippen LogP contribution in [0.4, 0.5) is 0 Å². The summed E-state index contributed by atoms with van der Waals surface area (Å²) in [6.45, 7) is 3.31. The molecule has 0 radical (unpaired) electrons. The number of nitrogens with zero attached hydrogens (tertiary/aromatic N) is 2. The van der Waals surface area contributed by atoms with Gasteiger partial charge in [0, 0.05) is 5.56 Å². The molecule has 1 aromatic carbocycles. The number of sulfonamides is 1. The first kappa shape index (κ1) is 17.5. The second kappa shape index (κ2) is 7.12. The third-order valence-electron chi connectivity index (χ3n) is 2.86. The molecule has 0 aliphatic heterocycles. The van der Waals surface area contributed by atoms with Gasteiger partial charge < -0.3 is 0 Å². The van der Waals surface area contributed by atoms with E-state index in [1.807, 2.05) is 0 Å². The van der Waals surface area contributed by atoms with Crippen molar-refractivity contribution >= 4 is 39.1 Å². The number of carbonyl (C=O) groups is 1. The molecule has 0 aliphatic carbocycles. The van der Waals surface area contributed by atoms with Gasteiger partial charge in [-0.3, -0.25) is 4.79 Å². The number of hydrogen-bond donors (Lipinski definition) is 0. The molecule has 0 atom stereocenters. The number of pyridine rings is 1. The number of carbonyl (C=O) groups excluding carboxylic acids is 1. The van der Waals surface area contributed by atoms with E-state index in [4.69, 9.17) is 23.2 Å². The Morgan fingerprint density at radius 3 is 2.26 bits per heavy atom. The van der Waals surface area contributed by atoms with E-state index in [9.17, 15) is 13.2 Å². The first-order valence-electron chi connectivity index (χ1n) is 6.42. The molecular formula is C15H12Cl2N2O3S. The van der Waals surface area contributed by atoms with Crippen LogP contribution in [0.1, 0.15) is 10.4 Å². The molecule has 0 unspecified atom stereocenters. The molecule has 1 aromatic heterocycles. The van der Waals surface area contributed by atoms with Crippen LogP contribution in [0.5, 0.6) is 0 Å². The van der Waals surface area contributed by atoms with Gasteiger partial charge in [0.05, 0.1) is 11.4 Å². The molecule has 0 saturated heterocycles. The number of halogens is 2. The number of benzene rings is 1. The van der Waals surface area contributed by atoms with Gasteiger partial charge in [0.15, 0.2) is 0 Å². The van der Waals surface area contributed by atoms with Crippen molar-refractivity contribution in [2.45, 2.75) is 4.90 Å². The first-order chi connectivity index (χ1) is 10.9. The van der Waals surface area contributed by atoms with E-state index < -0.39 is 15.9 Å². The lowest BCUT2D eigenvalue weighted by atomic mass is 10.2. The van der Waals surface area contributed by atoms with Crippen LogP contribution in [0.15, 0.2) is 60.0 Å². The van der Waals surface area contributed by atoms with Gasteiger partial charge in [-0.2, -0.15) is 0 Å². The molecule has 0 spiro atoms. The highest BCUT2D eigenvalue weighted by Crippen LogP contribution is 2.21. The van der Waals surface area contributed by atoms with Gasteiger partial charge in [-0.05, 0) is 24.3 Å². The molecule has 5 nitrogen and oxygen atoms in total. The Hall–Kier alpha value is -1.89. The molecule has 23 heavy (non-hydrogen) atoms. The van der Waals surface area contributed by atoms with Crippen molar-refractivity contribution < 1.29 is 13.2 Å². The monoisotopic (exact) mass is 370 g/mol. The second-order valence-corrected chi connectivity index (χ2v) is 7.08. The summed E-state index contributed by atoms with van der Waals surface area (Å²) in [6, 6.07) is 10.2. The predicted octanol–water partition coefficient (Wildman–Crippen LogP) is 3.41. The van der Waals surface area contributed by atoms with Crippen LogP contribution in [-0.4, -0.2) is 30.2 Å². The van der Waals surface area contributed by atoms with Gasteiger partial charge in [-0.15, -0.1) is 6.58 Å². The minimum atomic E-state index is -4.03. The molecule has 120 valence electrons. The molecule has 0 aliphatic rings. The summed E-state index contributed by atoms with van der Waals surface area (Å²) in [7, 11) is -4.03. The van der Waals surface area contributed by atoms with E-state index >= 15 is 0 Å². The van der Waals surface area contributed by atoms with Crippen LogP contribution in [0, 0.1) is 0 Å². The number of hydrogen-bond acceptors (Lipinski definition) is 4. The maximum absolute atomic E-state index is 12.7. The van der Waals surface area contributed by atoms with Crippen LogP contribution < -0.4 is 0 Å². The van der Waals surface area contributed by atoms with Crippen molar-refractivity contribution in [3.63, 3.8) is 0 Å². The van der Waals surface area contributed by atoms with Gasteiger partial charge in [-0.1, -0.05) is 47.5 Å². The maximum atomic E-state index is 12.7. The lowest BCUT2D eigenvalue weighted by Gasteiger charge is -2.21. The lowest BCUT2D eigenvalue weighted by Crippen LogP contribution is -2.37. The predicted molar refractivity (Wildman–Crippen MR) is 89.1 cm³/mol. The van der Waals surface area contributed by atoms with Crippen molar-refractivity contribution in [1.29, 1.82) is 0 Å². The van der Waals surface area contributed by atoms with Crippen LogP contribution in [-0.2, 0) is 10.0 Å². The zero-order chi connectivity index (χ0) is 17.0. The van der Waals surface area contributed by atoms with Gasteiger partial charge in [-0.25, -0.2) is 17.7 Å². The average molecular weight is 371 g/mol. The molecular weight excluding hydrogens is 359 g/mol. The van der Waals surface area contributed by atoms with Gasteiger partial charge in [0.25, 0.3) is 15.9 Å². The summed E-state index contributed by atoms with van der Waals surface area (Å²) in [5, 5.41) is -0.00646. The minimum absolute atomic E-state index is 0.00134. The molecule has 1 heterocycles. The van der Waals surface area contributed by atoms with E-state index in [2.05, 4.69) is 11.6 Å².